The summed E-state index contributed by atoms with van der Waals surface area (Å²) in [5, 5.41) is 8.80. The summed E-state index contributed by atoms with van der Waals surface area (Å²) in [5.74, 6) is 1.70. The number of fused-ring (bicyclic) bond motifs is 1. The van der Waals surface area contributed by atoms with Crippen LogP contribution in [0.3, 0.4) is 0 Å². The second-order valence-corrected chi connectivity index (χ2v) is 5.23. The number of unbranched alkanes of at least 4 members (excludes halogenated alkanes) is 2. The number of aliphatic hydroxyl groups excluding tert-OH is 1. The van der Waals surface area contributed by atoms with Crippen LogP contribution in [-0.2, 0) is 6.42 Å². The molecule has 1 aromatic rings. The second kappa shape index (κ2) is 6.79. The van der Waals surface area contributed by atoms with E-state index in [9.17, 15) is 0 Å². The minimum absolute atomic E-state index is 0.332. The molecule has 0 saturated carbocycles. The molecule has 1 aliphatic rings. The molecule has 1 N–H and O–H groups in total. The van der Waals surface area contributed by atoms with Gasteiger partial charge in [0.05, 0.1) is 7.11 Å². The van der Waals surface area contributed by atoms with E-state index in [0.717, 1.165) is 24.5 Å². The fourth-order valence-electron chi connectivity index (χ4n) is 3.00. The average molecular weight is 248 g/mol. The third kappa shape index (κ3) is 3.26. The first kappa shape index (κ1) is 13.4. The number of benzene rings is 1. The molecule has 2 nitrogen and oxygen atoms in total. The molecule has 0 heterocycles. The van der Waals surface area contributed by atoms with E-state index in [1.165, 1.54) is 43.2 Å². The van der Waals surface area contributed by atoms with Crippen molar-refractivity contribution in [3.63, 3.8) is 0 Å². The van der Waals surface area contributed by atoms with Crippen molar-refractivity contribution in [2.75, 3.05) is 13.7 Å². The predicted octanol–water partition coefficient (Wildman–Crippen LogP) is 3.67. The van der Waals surface area contributed by atoms with Gasteiger partial charge in [0.25, 0.3) is 0 Å². The van der Waals surface area contributed by atoms with Crippen molar-refractivity contribution < 1.29 is 9.84 Å². The van der Waals surface area contributed by atoms with Crippen LogP contribution < -0.4 is 4.74 Å². The lowest BCUT2D eigenvalue weighted by Gasteiger charge is -2.26. The van der Waals surface area contributed by atoms with Gasteiger partial charge >= 0.3 is 0 Å². The van der Waals surface area contributed by atoms with Crippen molar-refractivity contribution in [3.05, 3.63) is 29.3 Å². The largest absolute Gasteiger partial charge is 0.497 e. The molecule has 0 spiro atoms. The Hall–Kier alpha value is -1.02. The second-order valence-electron chi connectivity index (χ2n) is 5.23. The summed E-state index contributed by atoms with van der Waals surface area (Å²) in [6.07, 6.45) is 8.40. The van der Waals surface area contributed by atoms with Gasteiger partial charge in [0.1, 0.15) is 5.75 Å². The van der Waals surface area contributed by atoms with Crippen molar-refractivity contribution in [1.29, 1.82) is 0 Å². The maximum Gasteiger partial charge on any atom is 0.119 e. The first-order valence-electron chi connectivity index (χ1n) is 7.13. The Bertz CT molecular complexity index is 373. The molecule has 0 radical (unpaired) electrons. The average Bonchev–Trinajstić information content (AvgIpc) is 2.43. The van der Waals surface area contributed by atoms with E-state index in [2.05, 4.69) is 18.2 Å². The highest BCUT2D eigenvalue weighted by Gasteiger charge is 2.20. The van der Waals surface area contributed by atoms with E-state index >= 15 is 0 Å². The molecule has 0 amide bonds. The van der Waals surface area contributed by atoms with E-state index < -0.39 is 0 Å². The van der Waals surface area contributed by atoms with Crippen LogP contribution in [0, 0.1) is 0 Å². The van der Waals surface area contributed by atoms with Crippen LogP contribution in [0.1, 0.15) is 55.6 Å². The van der Waals surface area contributed by atoms with Gasteiger partial charge in [-0.1, -0.05) is 18.9 Å². The smallest absolute Gasteiger partial charge is 0.119 e. The molecule has 2 heteroatoms. The van der Waals surface area contributed by atoms with Crippen LogP contribution >= 0.6 is 0 Å². The minimum Gasteiger partial charge on any atom is -0.497 e. The fraction of sp³-hybridized carbons (Fsp3) is 0.625. The summed E-state index contributed by atoms with van der Waals surface area (Å²) in [5.41, 5.74) is 3.01. The number of aliphatic hydroxyl groups is 1. The predicted molar refractivity (Wildman–Crippen MR) is 74.2 cm³/mol. The van der Waals surface area contributed by atoms with Gasteiger partial charge in [0.2, 0.25) is 0 Å². The maximum atomic E-state index is 8.80. The van der Waals surface area contributed by atoms with Gasteiger partial charge in [0.15, 0.2) is 0 Å². The number of hydrogen-bond donors (Lipinski definition) is 1. The number of aryl methyl sites for hydroxylation is 1. The van der Waals surface area contributed by atoms with E-state index in [-0.39, 0.29) is 0 Å². The standard InChI is InChI=1S/C16H24O2/c1-18-15-9-10-16-13(6-3-2-4-11-17)7-5-8-14(16)12-15/h9-10,12-13,17H,2-8,11H2,1H3. The Balaban J connectivity index is 1.99. The number of ether oxygens (including phenoxy) is 1. The summed E-state index contributed by atoms with van der Waals surface area (Å²) in [4.78, 5) is 0. The van der Waals surface area contributed by atoms with Crippen molar-refractivity contribution in [1.82, 2.24) is 0 Å². The molecule has 1 atom stereocenters. The number of hydrogen-bond acceptors (Lipinski definition) is 2. The van der Waals surface area contributed by atoms with Gasteiger partial charge < -0.3 is 9.84 Å². The molecule has 0 aliphatic heterocycles. The zero-order valence-corrected chi connectivity index (χ0v) is 11.3. The minimum atomic E-state index is 0.332. The van der Waals surface area contributed by atoms with E-state index in [0.29, 0.717) is 6.61 Å². The molecule has 0 aromatic heterocycles. The van der Waals surface area contributed by atoms with Crippen molar-refractivity contribution in [3.8, 4) is 5.75 Å². The molecule has 2 rings (SSSR count). The van der Waals surface area contributed by atoms with Gasteiger partial charge in [-0.3, -0.25) is 0 Å². The highest BCUT2D eigenvalue weighted by molar-refractivity contribution is 5.39. The van der Waals surface area contributed by atoms with Gasteiger partial charge in [-0.05, 0) is 61.3 Å². The lowest BCUT2D eigenvalue weighted by Crippen LogP contribution is -2.10. The lowest BCUT2D eigenvalue weighted by atomic mass is 9.80. The Morgan fingerprint density at radius 3 is 2.94 bits per heavy atom. The van der Waals surface area contributed by atoms with Crippen LogP contribution in [0.5, 0.6) is 5.75 Å². The summed E-state index contributed by atoms with van der Waals surface area (Å²) < 4.78 is 5.30. The molecule has 0 saturated heterocycles. The van der Waals surface area contributed by atoms with Gasteiger partial charge in [-0.2, -0.15) is 0 Å². The van der Waals surface area contributed by atoms with Gasteiger partial charge in [-0.15, -0.1) is 0 Å². The molecule has 1 unspecified atom stereocenters. The lowest BCUT2D eigenvalue weighted by molar-refractivity contribution is 0.281. The summed E-state index contributed by atoms with van der Waals surface area (Å²) in [7, 11) is 1.73. The van der Waals surface area contributed by atoms with E-state index in [4.69, 9.17) is 9.84 Å². The third-order valence-corrected chi connectivity index (χ3v) is 4.00. The number of rotatable bonds is 6. The SMILES string of the molecule is COc1ccc2c(c1)CCCC2CCCCCO. The van der Waals surface area contributed by atoms with E-state index in [1.54, 1.807) is 7.11 Å². The van der Waals surface area contributed by atoms with Crippen molar-refractivity contribution >= 4 is 0 Å². The third-order valence-electron chi connectivity index (χ3n) is 4.00. The van der Waals surface area contributed by atoms with Crippen LogP contribution in [0.25, 0.3) is 0 Å². The summed E-state index contributed by atoms with van der Waals surface area (Å²) >= 11 is 0. The first-order valence-corrected chi connectivity index (χ1v) is 7.13. The Morgan fingerprint density at radius 2 is 2.17 bits per heavy atom. The van der Waals surface area contributed by atoms with Gasteiger partial charge in [-0.25, -0.2) is 0 Å². The summed E-state index contributed by atoms with van der Waals surface area (Å²) in [6.45, 7) is 0.332. The molecular weight excluding hydrogens is 224 g/mol. The monoisotopic (exact) mass is 248 g/mol. The van der Waals surface area contributed by atoms with E-state index in [1.807, 2.05) is 0 Å². The van der Waals surface area contributed by atoms with Crippen LogP contribution in [0.4, 0.5) is 0 Å². The Morgan fingerprint density at radius 1 is 1.28 bits per heavy atom. The topological polar surface area (TPSA) is 29.5 Å². The molecule has 0 bridgehead atoms. The van der Waals surface area contributed by atoms with Crippen LogP contribution in [0.2, 0.25) is 0 Å². The Kier molecular flexibility index (Phi) is 5.06. The molecule has 100 valence electrons. The van der Waals surface area contributed by atoms with Crippen molar-refractivity contribution in [2.24, 2.45) is 0 Å². The zero-order valence-electron chi connectivity index (χ0n) is 11.3. The van der Waals surface area contributed by atoms with Gasteiger partial charge in [0, 0.05) is 6.61 Å². The number of methoxy groups -OCH3 is 1. The fourth-order valence-corrected chi connectivity index (χ4v) is 3.00. The highest BCUT2D eigenvalue weighted by Crippen LogP contribution is 2.36. The molecule has 1 aromatic carbocycles. The quantitative estimate of drug-likeness (QED) is 0.778. The van der Waals surface area contributed by atoms with Crippen LogP contribution in [-0.4, -0.2) is 18.8 Å². The highest BCUT2D eigenvalue weighted by atomic mass is 16.5. The Labute approximate surface area is 110 Å². The molecular formula is C16H24O2. The normalized spacial score (nSPS) is 18.4. The molecule has 18 heavy (non-hydrogen) atoms. The first-order chi connectivity index (χ1) is 8.85. The summed E-state index contributed by atoms with van der Waals surface area (Å²) in [6, 6.07) is 6.55. The molecule has 0 fully saturated rings. The van der Waals surface area contributed by atoms with Crippen molar-refractivity contribution in [2.45, 2.75) is 50.9 Å². The molecule has 1 aliphatic carbocycles. The zero-order chi connectivity index (χ0) is 12.8. The van der Waals surface area contributed by atoms with Crippen LogP contribution in [0.15, 0.2) is 18.2 Å². The maximum absolute atomic E-state index is 8.80.